The Morgan fingerprint density at radius 3 is 2.53 bits per heavy atom. The van der Waals surface area contributed by atoms with Gasteiger partial charge in [0, 0.05) is 5.56 Å². The van der Waals surface area contributed by atoms with Crippen LogP contribution in [0.15, 0.2) is 60.8 Å². The topological polar surface area (TPSA) is 43.8 Å². The number of nitrogens with two attached hydrogens (primary N) is 1. The van der Waals surface area contributed by atoms with Gasteiger partial charge in [0.15, 0.2) is 0 Å². The summed E-state index contributed by atoms with van der Waals surface area (Å²) in [5.74, 6) is -0.300. The van der Waals surface area contributed by atoms with Gasteiger partial charge in [-0.2, -0.15) is 5.10 Å². The summed E-state index contributed by atoms with van der Waals surface area (Å²) in [5, 5.41) is 4.42. The van der Waals surface area contributed by atoms with Gasteiger partial charge >= 0.3 is 0 Å². The van der Waals surface area contributed by atoms with Crippen molar-refractivity contribution in [3.8, 4) is 16.9 Å². The normalized spacial score (nSPS) is 10.6. The summed E-state index contributed by atoms with van der Waals surface area (Å²) in [6.07, 6.45) is 1.73. The summed E-state index contributed by atoms with van der Waals surface area (Å²) < 4.78 is 14.9. The van der Waals surface area contributed by atoms with Crippen LogP contribution in [-0.4, -0.2) is 9.78 Å². The van der Waals surface area contributed by atoms with Gasteiger partial charge in [0.05, 0.1) is 17.6 Å². The summed E-state index contributed by atoms with van der Waals surface area (Å²) in [5.41, 5.74) is 8.65. The Morgan fingerprint density at radius 2 is 1.79 bits per heavy atom. The van der Waals surface area contributed by atoms with Crippen molar-refractivity contribution in [1.82, 2.24) is 9.78 Å². The fourth-order valence-electron chi connectivity index (χ4n) is 1.96. The Balaban J connectivity index is 2.08. The largest absolute Gasteiger partial charge is 0.396 e. The van der Waals surface area contributed by atoms with Gasteiger partial charge in [-0.1, -0.05) is 30.3 Å². The van der Waals surface area contributed by atoms with E-state index in [1.807, 2.05) is 30.3 Å². The van der Waals surface area contributed by atoms with Gasteiger partial charge in [0.2, 0.25) is 0 Å². The van der Waals surface area contributed by atoms with Crippen LogP contribution in [-0.2, 0) is 0 Å². The quantitative estimate of drug-likeness (QED) is 0.761. The van der Waals surface area contributed by atoms with E-state index >= 15 is 0 Å². The van der Waals surface area contributed by atoms with Crippen molar-refractivity contribution in [3.05, 3.63) is 66.6 Å². The maximum absolute atomic E-state index is 13.2. The minimum Gasteiger partial charge on any atom is -0.396 e. The third kappa shape index (κ3) is 2.20. The van der Waals surface area contributed by atoms with Gasteiger partial charge in [-0.3, -0.25) is 0 Å². The first-order chi connectivity index (χ1) is 9.24. The number of rotatable bonds is 2. The van der Waals surface area contributed by atoms with Crippen molar-refractivity contribution in [2.75, 3.05) is 5.73 Å². The van der Waals surface area contributed by atoms with Gasteiger partial charge < -0.3 is 5.73 Å². The third-order valence-corrected chi connectivity index (χ3v) is 2.86. The lowest BCUT2D eigenvalue weighted by molar-refractivity contribution is 0.628. The van der Waals surface area contributed by atoms with Crippen molar-refractivity contribution >= 4 is 5.69 Å². The second kappa shape index (κ2) is 4.57. The maximum atomic E-state index is 13.2. The summed E-state index contributed by atoms with van der Waals surface area (Å²) in [6.45, 7) is 0. The highest BCUT2D eigenvalue weighted by molar-refractivity contribution is 5.72. The molecule has 0 amide bonds. The Bertz CT molecular complexity index is 704. The first kappa shape index (κ1) is 11.5. The molecule has 0 bridgehead atoms. The average Bonchev–Trinajstić information content (AvgIpc) is 2.82. The molecule has 1 aromatic heterocycles. The van der Waals surface area contributed by atoms with E-state index in [2.05, 4.69) is 5.10 Å². The van der Waals surface area contributed by atoms with Crippen LogP contribution in [0.3, 0.4) is 0 Å². The molecule has 2 N–H and O–H groups in total. The molecule has 4 heteroatoms. The minimum absolute atomic E-state index is 0.300. The van der Waals surface area contributed by atoms with Gasteiger partial charge in [0.1, 0.15) is 11.5 Å². The number of anilines is 1. The van der Waals surface area contributed by atoms with E-state index in [1.165, 1.54) is 12.1 Å². The first-order valence-electron chi connectivity index (χ1n) is 5.90. The Morgan fingerprint density at radius 1 is 1.00 bits per heavy atom. The molecule has 2 aromatic carbocycles. The SMILES string of the molecule is Nc1cn(-c2ccccc2)nc1-c1cccc(F)c1. The molecular formula is C15H12FN3. The van der Waals surface area contributed by atoms with Gasteiger partial charge in [-0.05, 0) is 24.3 Å². The van der Waals surface area contributed by atoms with Crippen molar-refractivity contribution in [1.29, 1.82) is 0 Å². The zero-order valence-corrected chi connectivity index (χ0v) is 10.1. The van der Waals surface area contributed by atoms with Gasteiger partial charge in [-0.25, -0.2) is 9.07 Å². The predicted octanol–water partition coefficient (Wildman–Crippen LogP) is 3.26. The molecule has 0 unspecified atom stereocenters. The third-order valence-electron chi connectivity index (χ3n) is 2.86. The Kier molecular flexibility index (Phi) is 2.76. The summed E-state index contributed by atoms with van der Waals surface area (Å²) >= 11 is 0. The number of para-hydroxylation sites is 1. The number of aromatic nitrogens is 2. The zero-order chi connectivity index (χ0) is 13.2. The highest BCUT2D eigenvalue weighted by Gasteiger charge is 2.10. The standard InChI is InChI=1S/C15H12FN3/c16-12-6-4-5-11(9-12)15-14(17)10-19(18-15)13-7-2-1-3-8-13/h1-10H,17H2. The van der Waals surface area contributed by atoms with Crippen LogP contribution in [0.25, 0.3) is 16.9 Å². The van der Waals surface area contributed by atoms with E-state index in [4.69, 9.17) is 5.73 Å². The first-order valence-corrected chi connectivity index (χ1v) is 5.90. The zero-order valence-electron chi connectivity index (χ0n) is 10.1. The van der Waals surface area contributed by atoms with Crippen LogP contribution in [0.5, 0.6) is 0 Å². The molecule has 0 spiro atoms. The second-order valence-electron chi connectivity index (χ2n) is 4.22. The van der Waals surface area contributed by atoms with Crippen LogP contribution in [0.1, 0.15) is 0 Å². The van der Waals surface area contributed by atoms with E-state index in [1.54, 1.807) is 23.0 Å². The fraction of sp³-hybridized carbons (Fsp3) is 0. The van der Waals surface area contributed by atoms with Crippen molar-refractivity contribution in [2.24, 2.45) is 0 Å². The van der Waals surface area contributed by atoms with E-state index < -0.39 is 0 Å². The second-order valence-corrected chi connectivity index (χ2v) is 4.22. The molecule has 94 valence electrons. The van der Waals surface area contributed by atoms with Crippen molar-refractivity contribution in [3.63, 3.8) is 0 Å². The molecule has 0 saturated heterocycles. The molecule has 0 aliphatic heterocycles. The average molecular weight is 253 g/mol. The van der Waals surface area contributed by atoms with Gasteiger partial charge in [0.25, 0.3) is 0 Å². The Labute approximate surface area is 110 Å². The molecule has 0 radical (unpaired) electrons. The van der Waals surface area contributed by atoms with Crippen LogP contribution in [0.4, 0.5) is 10.1 Å². The van der Waals surface area contributed by atoms with Crippen molar-refractivity contribution < 1.29 is 4.39 Å². The van der Waals surface area contributed by atoms with Crippen LogP contribution >= 0.6 is 0 Å². The molecule has 0 aliphatic carbocycles. The summed E-state index contributed by atoms with van der Waals surface area (Å²) in [6, 6.07) is 15.9. The highest BCUT2D eigenvalue weighted by Crippen LogP contribution is 2.25. The molecule has 3 aromatic rings. The molecule has 3 rings (SSSR count). The lowest BCUT2D eigenvalue weighted by atomic mass is 10.1. The predicted molar refractivity (Wildman–Crippen MR) is 73.4 cm³/mol. The van der Waals surface area contributed by atoms with Crippen LogP contribution in [0, 0.1) is 5.82 Å². The van der Waals surface area contributed by atoms with E-state index in [0.717, 1.165) is 5.69 Å². The number of nitrogens with zero attached hydrogens (tertiary/aromatic N) is 2. The molecule has 3 nitrogen and oxygen atoms in total. The Hall–Kier alpha value is -2.62. The molecule has 0 aliphatic rings. The van der Waals surface area contributed by atoms with E-state index in [9.17, 15) is 4.39 Å². The fourth-order valence-corrected chi connectivity index (χ4v) is 1.96. The van der Waals surface area contributed by atoms with Crippen LogP contribution < -0.4 is 5.73 Å². The monoisotopic (exact) mass is 253 g/mol. The van der Waals surface area contributed by atoms with E-state index in [-0.39, 0.29) is 5.82 Å². The lowest BCUT2D eigenvalue weighted by Gasteiger charge is -2.00. The molecule has 0 fully saturated rings. The van der Waals surface area contributed by atoms with Gasteiger partial charge in [-0.15, -0.1) is 0 Å². The minimum atomic E-state index is -0.300. The van der Waals surface area contributed by atoms with E-state index in [0.29, 0.717) is 16.9 Å². The number of halogens is 1. The number of nitrogen functional groups attached to an aromatic ring is 1. The van der Waals surface area contributed by atoms with Crippen LogP contribution in [0.2, 0.25) is 0 Å². The highest BCUT2D eigenvalue weighted by atomic mass is 19.1. The molecular weight excluding hydrogens is 241 g/mol. The molecule has 0 saturated carbocycles. The van der Waals surface area contributed by atoms with Crippen molar-refractivity contribution in [2.45, 2.75) is 0 Å². The number of benzene rings is 2. The molecule has 1 heterocycles. The number of hydrogen-bond acceptors (Lipinski definition) is 2. The maximum Gasteiger partial charge on any atom is 0.123 e. The summed E-state index contributed by atoms with van der Waals surface area (Å²) in [4.78, 5) is 0. The number of hydrogen-bond donors (Lipinski definition) is 1. The molecule has 0 atom stereocenters. The summed E-state index contributed by atoms with van der Waals surface area (Å²) in [7, 11) is 0. The smallest absolute Gasteiger partial charge is 0.123 e. The molecule has 19 heavy (non-hydrogen) atoms. The lowest BCUT2D eigenvalue weighted by Crippen LogP contribution is -1.94.